The van der Waals surface area contributed by atoms with E-state index in [9.17, 15) is 8.42 Å². The first-order valence-electron chi connectivity index (χ1n) is 5.41. The van der Waals surface area contributed by atoms with Gasteiger partial charge in [0.15, 0.2) is 0 Å². The molecule has 2 rings (SSSR count). The van der Waals surface area contributed by atoms with Gasteiger partial charge in [0, 0.05) is 6.04 Å². The van der Waals surface area contributed by atoms with Gasteiger partial charge in [0.05, 0.1) is 4.90 Å². The number of benzene rings is 1. The first-order chi connectivity index (χ1) is 7.52. The number of nitrogens with two attached hydrogens (primary N) is 1. The Morgan fingerprint density at radius 1 is 1.50 bits per heavy atom. The third-order valence-electron chi connectivity index (χ3n) is 3.01. The topological polar surface area (TPSA) is 72.2 Å². The lowest BCUT2D eigenvalue weighted by Crippen LogP contribution is -2.29. The number of primary sulfonamides is 1. The molecule has 3 N–H and O–H groups in total. The van der Waals surface area contributed by atoms with Crippen molar-refractivity contribution in [3.63, 3.8) is 0 Å². The normalized spacial score (nSPS) is 20.5. The maximum atomic E-state index is 11.3. The highest BCUT2D eigenvalue weighted by Crippen LogP contribution is 2.27. The summed E-state index contributed by atoms with van der Waals surface area (Å²) in [5, 5.41) is 8.50. The van der Waals surface area contributed by atoms with Crippen LogP contribution < -0.4 is 10.5 Å². The summed E-state index contributed by atoms with van der Waals surface area (Å²) < 4.78 is 22.5. The average Bonchev–Trinajstić information content (AvgIpc) is 2.26. The first kappa shape index (κ1) is 11.6. The Hall–Kier alpha value is -0.910. The number of hydrogen-bond acceptors (Lipinski definition) is 3. The summed E-state index contributed by atoms with van der Waals surface area (Å²) in [7, 11) is -3.60. The molecule has 0 saturated heterocycles. The van der Waals surface area contributed by atoms with Gasteiger partial charge in [0.25, 0.3) is 0 Å². The maximum Gasteiger partial charge on any atom is 0.238 e. The molecule has 16 heavy (non-hydrogen) atoms. The Morgan fingerprint density at radius 3 is 2.88 bits per heavy atom. The smallest absolute Gasteiger partial charge is 0.238 e. The highest BCUT2D eigenvalue weighted by molar-refractivity contribution is 7.89. The summed E-state index contributed by atoms with van der Waals surface area (Å²) in [5.74, 6) is 0. The molecule has 1 unspecified atom stereocenters. The van der Waals surface area contributed by atoms with Crippen molar-refractivity contribution in [2.24, 2.45) is 5.14 Å². The minimum absolute atomic E-state index is 0.202. The number of rotatable bonds is 2. The standard InChI is InChI=1S/C11H16N2O2S/c1-2-11-10-7-9(16(12,14)15)4-3-8(10)5-6-13-11/h3-4,7,11,13H,2,5-6H2,1H3,(H2,12,14,15). The van der Waals surface area contributed by atoms with Crippen molar-refractivity contribution in [1.82, 2.24) is 5.32 Å². The molecule has 0 radical (unpaired) electrons. The van der Waals surface area contributed by atoms with Gasteiger partial charge in [-0.3, -0.25) is 0 Å². The lowest BCUT2D eigenvalue weighted by atomic mass is 9.93. The van der Waals surface area contributed by atoms with E-state index in [1.165, 1.54) is 5.56 Å². The molecule has 0 aliphatic carbocycles. The molecule has 0 aromatic heterocycles. The molecule has 88 valence electrons. The zero-order chi connectivity index (χ0) is 11.8. The molecule has 0 amide bonds. The summed E-state index contributed by atoms with van der Waals surface area (Å²) >= 11 is 0. The second kappa shape index (κ2) is 4.16. The van der Waals surface area contributed by atoms with Crippen LogP contribution in [0.1, 0.15) is 30.5 Å². The Kier molecular flexibility index (Phi) is 3.01. The third-order valence-corrected chi connectivity index (χ3v) is 3.93. The van der Waals surface area contributed by atoms with Crippen LogP contribution in [-0.4, -0.2) is 15.0 Å². The predicted octanol–water partition coefficient (Wildman–Crippen LogP) is 0.931. The molecule has 0 fully saturated rings. The lowest BCUT2D eigenvalue weighted by molar-refractivity contribution is 0.491. The Bertz CT molecular complexity index is 497. The average molecular weight is 240 g/mol. The van der Waals surface area contributed by atoms with Crippen LogP contribution in [0.25, 0.3) is 0 Å². The molecule has 1 aliphatic rings. The molecule has 5 heteroatoms. The van der Waals surface area contributed by atoms with Gasteiger partial charge in [-0.1, -0.05) is 13.0 Å². The van der Waals surface area contributed by atoms with Crippen molar-refractivity contribution in [2.75, 3.05) is 6.54 Å². The molecule has 4 nitrogen and oxygen atoms in total. The van der Waals surface area contributed by atoms with Crippen LogP contribution in [0, 0.1) is 0 Å². The molecule has 0 bridgehead atoms. The van der Waals surface area contributed by atoms with Crippen molar-refractivity contribution < 1.29 is 8.42 Å². The molecular weight excluding hydrogens is 224 g/mol. The van der Waals surface area contributed by atoms with Gasteiger partial charge in [-0.05, 0) is 42.6 Å². The van der Waals surface area contributed by atoms with Crippen molar-refractivity contribution in [3.05, 3.63) is 29.3 Å². The molecule has 1 heterocycles. The quantitative estimate of drug-likeness (QED) is 0.807. The number of sulfonamides is 1. The van der Waals surface area contributed by atoms with Gasteiger partial charge in [-0.2, -0.15) is 0 Å². The Balaban J connectivity index is 2.51. The number of nitrogens with one attached hydrogen (secondary N) is 1. The zero-order valence-electron chi connectivity index (χ0n) is 9.23. The number of hydrogen-bond donors (Lipinski definition) is 2. The van der Waals surface area contributed by atoms with Crippen LogP contribution in [0.3, 0.4) is 0 Å². The molecule has 1 aromatic carbocycles. The fourth-order valence-corrected chi connectivity index (χ4v) is 2.71. The SMILES string of the molecule is CCC1NCCc2ccc(S(N)(=O)=O)cc21. The lowest BCUT2D eigenvalue weighted by Gasteiger charge is -2.26. The third kappa shape index (κ3) is 2.11. The Morgan fingerprint density at radius 2 is 2.25 bits per heavy atom. The first-order valence-corrected chi connectivity index (χ1v) is 6.96. The van der Waals surface area contributed by atoms with Gasteiger partial charge in [0.2, 0.25) is 10.0 Å². The highest BCUT2D eigenvalue weighted by atomic mass is 32.2. The van der Waals surface area contributed by atoms with E-state index in [0.717, 1.165) is 24.9 Å². The van der Waals surface area contributed by atoms with Crippen molar-refractivity contribution in [3.8, 4) is 0 Å². The summed E-state index contributed by atoms with van der Waals surface area (Å²) in [4.78, 5) is 0.202. The van der Waals surface area contributed by atoms with E-state index < -0.39 is 10.0 Å². The number of fused-ring (bicyclic) bond motifs is 1. The van der Waals surface area contributed by atoms with Crippen molar-refractivity contribution >= 4 is 10.0 Å². The zero-order valence-corrected chi connectivity index (χ0v) is 10.0. The molecular formula is C11H16N2O2S. The monoisotopic (exact) mass is 240 g/mol. The van der Waals surface area contributed by atoms with E-state index in [2.05, 4.69) is 12.2 Å². The minimum atomic E-state index is -3.60. The van der Waals surface area contributed by atoms with E-state index >= 15 is 0 Å². The predicted molar refractivity (Wildman–Crippen MR) is 62.6 cm³/mol. The molecule has 0 spiro atoms. The van der Waals surface area contributed by atoms with Crippen LogP contribution in [-0.2, 0) is 16.4 Å². The van der Waals surface area contributed by atoms with Gasteiger partial charge < -0.3 is 5.32 Å². The summed E-state index contributed by atoms with van der Waals surface area (Å²) in [6.45, 7) is 3.02. The second-order valence-corrected chi connectivity index (χ2v) is 5.63. The highest BCUT2D eigenvalue weighted by Gasteiger charge is 2.20. The summed E-state index contributed by atoms with van der Waals surface area (Å²) in [5.41, 5.74) is 2.29. The maximum absolute atomic E-state index is 11.3. The van der Waals surface area contributed by atoms with Gasteiger partial charge in [-0.15, -0.1) is 0 Å². The van der Waals surface area contributed by atoms with Crippen LogP contribution in [0.2, 0.25) is 0 Å². The largest absolute Gasteiger partial charge is 0.310 e. The molecule has 1 aliphatic heterocycles. The van der Waals surface area contributed by atoms with E-state index in [1.807, 2.05) is 6.07 Å². The van der Waals surface area contributed by atoms with Crippen molar-refractivity contribution in [1.29, 1.82) is 0 Å². The van der Waals surface area contributed by atoms with Crippen molar-refractivity contribution in [2.45, 2.75) is 30.7 Å². The summed E-state index contributed by atoms with van der Waals surface area (Å²) in [6, 6.07) is 5.40. The Labute approximate surface area is 95.9 Å². The van der Waals surface area contributed by atoms with Crippen LogP contribution in [0.4, 0.5) is 0 Å². The van der Waals surface area contributed by atoms with Crippen LogP contribution in [0.15, 0.2) is 23.1 Å². The van der Waals surface area contributed by atoms with E-state index in [1.54, 1.807) is 12.1 Å². The van der Waals surface area contributed by atoms with Crippen LogP contribution in [0.5, 0.6) is 0 Å². The molecule has 1 aromatic rings. The fraction of sp³-hybridized carbons (Fsp3) is 0.455. The van der Waals surface area contributed by atoms with Gasteiger partial charge in [-0.25, -0.2) is 13.6 Å². The second-order valence-electron chi connectivity index (χ2n) is 4.07. The van der Waals surface area contributed by atoms with E-state index in [0.29, 0.717) is 0 Å². The van der Waals surface area contributed by atoms with E-state index in [-0.39, 0.29) is 10.9 Å². The summed E-state index contributed by atoms with van der Waals surface area (Å²) in [6.07, 6.45) is 1.89. The minimum Gasteiger partial charge on any atom is -0.310 e. The molecule has 0 saturated carbocycles. The molecule has 1 atom stereocenters. The van der Waals surface area contributed by atoms with Gasteiger partial charge >= 0.3 is 0 Å². The van der Waals surface area contributed by atoms with Gasteiger partial charge in [0.1, 0.15) is 0 Å². The fourth-order valence-electron chi connectivity index (χ4n) is 2.16. The van der Waals surface area contributed by atoms with Crippen LogP contribution >= 0.6 is 0 Å². The van der Waals surface area contributed by atoms with E-state index in [4.69, 9.17) is 5.14 Å².